The van der Waals surface area contributed by atoms with Crippen LogP contribution < -0.4 is 0 Å². The summed E-state index contributed by atoms with van der Waals surface area (Å²) < 4.78 is 4.91. The second-order valence-electron chi connectivity index (χ2n) is 12.0. The predicted molar refractivity (Wildman–Crippen MR) is 131 cm³/mol. The Kier molecular flexibility index (Phi) is 8.23. The molecule has 2 nitrogen and oxygen atoms in total. The first-order valence-corrected chi connectivity index (χ1v) is 13.9. The van der Waals surface area contributed by atoms with Crippen LogP contribution in [0.2, 0.25) is 0 Å². The van der Waals surface area contributed by atoms with Crippen LogP contribution in [0.4, 0.5) is 0 Å². The average Bonchev–Trinajstić information content (AvgIpc) is 3.15. The molecule has 0 aromatic carbocycles. The van der Waals surface area contributed by atoms with Crippen LogP contribution in [-0.2, 0) is 9.53 Å². The Balaban J connectivity index is 0.00000132. The molecule has 4 rings (SSSR count). The first-order valence-electron chi connectivity index (χ1n) is 13.9. The zero-order chi connectivity index (χ0) is 22.8. The molecular formula is C29H52O2. The summed E-state index contributed by atoms with van der Waals surface area (Å²) in [4.78, 5) is 11.7. The van der Waals surface area contributed by atoms with E-state index in [2.05, 4.69) is 27.7 Å². The molecule has 0 heterocycles. The quantitative estimate of drug-likeness (QED) is 0.408. The topological polar surface area (TPSA) is 26.3 Å². The molecule has 0 amide bonds. The van der Waals surface area contributed by atoms with Gasteiger partial charge in [0.1, 0.15) is 0 Å². The average molecular weight is 433 g/mol. The molecule has 0 aromatic heterocycles. The number of hydrogen-bond acceptors (Lipinski definition) is 2. The molecule has 6 unspecified atom stereocenters. The fraction of sp³-hybridized carbons (Fsp3) is 0.966. The van der Waals surface area contributed by atoms with Crippen molar-refractivity contribution in [2.24, 2.45) is 52.3 Å². The Morgan fingerprint density at radius 2 is 1.68 bits per heavy atom. The lowest BCUT2D eigenvalue weighted by Crippen LogP contribution is -2.55. The summed E-state index contributed by atoms with van der Waals surface area (Å²) in [5.41, 5.74) is 1.13. The molecule has 0 N–H and O–H groups in total. The van der Waals surface area contributed by atoms with E-state index in [-0.39, 0.29) is 5.97 Å². The first-order chi connectivity index (χ1) is 14.8. The van der Waals surface area contributed by atoms with Crippen molar-refractivity contribution in [3.63, 3.8) is 0 Å². The zero-order valence-corrected chi connectivity index (χ0v) is 21.8. The highest BCUT2D eigenvalue weighted by Crippen LogP contribution is 2.69. The van der Waals surface area contributed by atoms with Crippen molar-refractivity contribution in [2.45, 2.75) is 119 Å². The van der Waals surface area contributed by atoms with Crippen LogP contribution in [0.5, 0.6) is 0 Å². The summed E-state index contributed by atoms with van der Waals surface area (Å²) in [7, 11) is 1.52. The summed E-state index contributed by atoms with van der Waals surface area (Å²) in [6.45, 7) is 14.2. The molecule has 0 aliphatic heterocycles. The standard InChI is InChI=1S/C27H46O2.C2H6/c1-6-19-17-20-23-12-11-21(18(2)10-13-25(28)29-5)27(23,4)16-14-24(20)26(3)15-8-7-9-22(19)26;1-2/h18-24H,6-17H2,1-5H3;1-2H3/t18-,19+,20?,21?,22?,23?,24+,26?,27?;/m1./s1. The van der Waals surface area contributed by atoms with E-state index < -0.39 is 0 Å². The minimum atomic E-state index is -0.0328. The van der Waals surface area contributed by atoms with E-state index >= 15 is 0 Å². The van der Waals surface area contributed by atoms with E-state index in [9.17, 15) is 4.79 Å². The van der Waals surface area contributed by atoms with Gasteiger partial charge in [-0.2, -0.15) is 0 Å². The van der Waals surface area contributed by atoms with Crippen LogP contribution in [0.25, 0.3) is 0 Å². The minimum absolute atomic E-state index is 0.0328. The lowest BCUT2D eigenvalue weighted by atomic mass is 9.42. The molecule has 0 saturated heterocycles. The van der Waals surface area contributed by atoms with Crippen LogP contribution in [0.15, 0.2) is 0 Å². The highest BCUT2D eigenvalue weighted by molar-refractivity contribution is 5.69. The molecule has 4 aliphatic carbocycles. The molecular weight excluding hydrogens is 380 g/mol. The maximum atomic E-state index is 11.7. The Labute approximate surface area is 193 Å². The fourth-order valence-electron chi connectivity index (χ4n) is 9.64. The molecule has 4 aliphatic rings. The SMILES string of the molecule is CC.CC[C@H]1CC2C3CCC([C@H](C)CCC(=O)OC)C3(C)CC[C@@H]2C2(C)CCCCC12. The Morgan fingerprint density at radius 1 is 0.968 bits per heavy atom. The highest BCUT2D eigenvalue weighted by Gasteiger charge is 2.61. The van der Waals surface area contributed by atoms with Gasteiger partial charge in [-0.15, -0.1) is 0 Å². The summed E-state index contributed by atoms with van der Waals surface area (Å²) in [5.74, 6) is 6.27. The second-order valence-corrected chi connectivity index (χ2v) is 12.0. The molecule has 0 spiro atoms. The molecule has 9 atom stereocenters. The number of carbonyl (C=O) groups is 1. The van der Waals surface area contributed by atoms with E-state index in [1.54, 1.807) is 0 Å². The largest absolute Gasteiger partial charge is 0.469 e. The molecule has 4 saturated carbocycles. The molecule has 180 valence electrons. The van der Waals surface area contributed by atoms with Gasteiger partial charge < -0.3 is 4.74 Å². The zero-order valence-electron chi connectivity index (χ0n) is 21.8. The maximum Gasteiger partial charge on any atom is 0.305 e. The Morgan fingerprint density at radius 3 is 2.35 bits per heavy atom. The van der Waals surface area contributed by atoms with Gasteiger partial charge in [0.15, 0.2) is 0 Å². The van der Waals surface area contributed by atoms with Gasteiger partial charge in [0.2, 0.25) is 0 Å². The summed E-state index contributed by atoms with van der Waals surface area (Å²) in [6.07, 6.45) is 16.2. The van der Waals surface area contributed by atoms with Crippen LogP contribution >= 0.6 is 0 Å². The number of ether oxygens (including phenoxy) is 1. The predicted octanol–water partition coefficient (Wildman–Crippen LogP) is 8.29. The van der Waals surface area contributed by atoms with Crippen LogP contribution in [0.1, 0.15) is 119 Å². The molecule has 31 heavy (non-hydrogen) atoms. The van der Waals surface area contributed by atoms with Crippen molar-refractivity contribution in [1.82, 2.24) is 0 Å². The van der Waals surface area contributed by atoms with Crippen molar-refractivity contribution in [1.29, 1.82) is 0 Å². The van der Waals surface area contributed by atoms with Crippen molar-refractivity contribution in [3.05, 3.63) is 0 Å². The smallest absolute Gasteiger partial charge is 0.305 e. The molecule has 4 fully saturated rings. The normalized spacial score (nSPS) is 44.7. The molecule has 0 radical (unpaired) electrons. The van der Waals surface area contributed by atoms with Gasteiger partial charge in [0.05, 0.1) is 7.11 Å². The number of methoxy groups -OCH3 is 1. The van der Waals surface area contributed by atoms with E-state index in [1.165, 1.54) is 71.3 Å². The van der Waals surface area contributed by atoms with Crippen molar-refractivity contribution >= 4 is 5.97 Å². The number of esters is 1. The van der Waals surface area contributed by atoms with Gasteiger partial charge in [-0.3, -0.25) is 4.79 Å². The van der Waals surface area contributed by atoms with E-state index in [0.717, 1.165) is 41.9 Å². The van der Waals surface area contributed by atoms with Crippen LogP contribution in [-0.4, -0.2) is 13.1 Å². The third-order valence-corrected chi connectivity index (χ3v) is 11.1. The van der Waals surface area contributed by atoms with Gasteiger partial charge in [-0.05, 0) is 104 Å². The summed E-state index contributed by atoms with van der Waals surface area (Å²) in [6, 6.07) is 0. The van der Waals surface area contributed by atoms with Crippen molar-refractivity contribution in [2.75, 3.05) is 7.11 Å². The Bertz CT molecular complexity index is 600. The van der Waals surface area contributed by atoms with Gasteiger partial charge in [0.25, 0.3) is 0 Å². The summed E-state index contributed by atoms with van der Waals surface area (Å²) >= 11 is 0. The maximum absolute atomic E-state index is 11.7. The third kappa shape index (κ3) is 4.35. The molecule has 0 bridgehead atoms. The van der Waals surface area contributed by atoms with E-state index in [1.807, 2.05) is 13.8 Å². The van der Waals surface area contributed by atoms with E-state index in [0.29, 0.717) is 23.2 Å². The molecule has 2 heteroatoms. The molecule has 0 aromatic rings. The minimum Gasteiger partial charge on any atom is -0.469 e. The number of carbonyl (C=O) groups excluding carboxylic acids is 1. The number of rotatable bonds is 5. The van der Waals surface area contributed by atoms with Gasteiger partial charge in [-0.25, -0.2) is 0 Å². The second kappa shape index (κ2) is 10.2. The van der Waals surface area contributed by atoms with Gasteiger partial charge >= 0.3 is 5.97 Å². The number of fused-ring (bicyclic) bond motifs is 5. The van der Waals surface area contributed by atoms with Gasteiger partial charge in [-0.1, -0.05) is 60.8 Å². The van der Waals surface area contributed by atoms with Crippen LogP contribution in [0.3, 0.4) is 0 Å². The summed E-state index contributed by atoms with van der Waals surface area (Å²) in [5, 5.41) is 0. The van der Waals surface area contributed by atoms with Crippen molar-refractivity contribution < 1.29 is 9.53 Å². The third-order valence-electron chi connectivity index (χ3n) is 11.1. The van der Waals surface area contributed by atoms with Gasteiger partial charge in [0, 0.05) is 6.42 Å². The van der Waals surface area contributed by atoms with E-state index in [4.69, 9.17) is 4.74 Å². The van der Waals surface area contributed by atoms with Crippen molar-refractivity contribution in [3.8, 4) is 0 Å². The Hall–Kier alpha value is -0.530. The highest BCUT2D eigenvalue weighted by atomic mass is 16.5. The number of hydrogen-bond donors (Lipinski definition) is 0. The monoisotopic (exact) mass is 432 g/mol. The first kappa shape index (κ1) is 25.1. The lowest BCUT2D eigenvalue weighted by Gasteiger charge is -2.63. The fourth-order valence-corrected chi connectivity index (χ4v) is 9.64. The van der Waals surface area contributed by atoms with Crippen LogP contribution in [0, 0.1) is 52.3 Å². The lowest BCUT2D eigenvalue weighted by molar-refractivity contribution is -0.142.